The minimum atomic E-state index is -4.96. The maximum absolute atomic E-state index is 13.1. The Kier molecular flexibility index (Phi) is 3.61. The first kappa shape index (κ1) is 12.7. The molecule has 1 fully saturated rings. The summed E-state index contributed by atoms with van der Waals surface area (Å²) in [4.78, 5) is 0. The molecule has 1 heterocycles. The van der Waals surface area contributed by atoms with E-state index in [2.05, 4.69) is 15.9 Å². The third-order valence-electron chi connectivity index (χ3n) is 2.90. The Balaban J connectivity index is 2.48. The first-order chi connectivity index (χ1) is 7.98. The Hall–Kier alpha value is -0.775. The van der Waals surface area contributed by atoms with E-state index in [1.54, 1.807) is 12.1 Å². The van der Waals surface area contributed by atoms with E-state index in [4.69, 9.17) is 0 Å². The van der Waals surface area contributed by atoms with Gasteiger partial charge in [-0.15, -0.1) is 0 Å². The lowest BCUT2D eigenvalue weighted by Gasteiger charge is -2.16. The van der Waals surface area contributed by atoms with Crippen LogP contribution in [0.25, 0.3) is 0 Å². The van der Waals surface area contributed by atoms with Crippen molar-refractivity contribution >= 4 is 28.5 Å². The van der Waals surface area contributed by atoms with Crippen LogP contribution in [-0.2, 0) is 0 Å². The molecule has 1 aromatic carbocycles. The highest BCUT2D eigenvalue weighted by molar-refractivity contribution is 9.10. The van der Waals surface area contributed by atoms with Gasteiger partial charge in [-0.3, -0.25) is 4.58 Å². The Morgan fingerprint density at radius 1 is 1.06 bits per heavy atom. The smallest absolute Gasteiger partial charge is 0.441 e. The molecule has 0 saturated carbocycles. The van der Waals surface area contributed by atoms with Gasteiger partial charge in [0.15, 0.2) is 0 Å². The van der Waals surface area contributed by atoms with Gasteiger partial charge in [-0.2, -0.15) is 0 Å². The van der Waals surface area contributed by atoms with Gasteiger partial charge in [0.05, 0.1) is 0 Å². The van der Waals surface area contributed by atoms with E-state index >= 15 is 0 Å². The fourth-order valence-electron chi connectivity index (χ4n) is 2.16. The zero-order valence-electron chi connectivity index (χ0n) is 9.17. The highest BCUT2D eigenvalue weighted by Gasteiger charge is 2.40. The maximum Gasteiger partial charge on any atom is 0.572 e. The normalized spacial score (nSPS) is 16.4. The molecule has 1 nitrogen and oxygen atoms in total. The molecule has 17 heavy (non-hydrogen) atoms. The third-order valence-corrected chi connectivity index (χ3v) is 3.43. The summed E-state index contributed by atoms with van der Waals surface area (Å²) in [6, 6.07) is 6.33. The van der Waals surface area contributed by atoms with Crippen molar-refractivity contribution in [1.82, 2.24) is 0 Å². The lowest BCUT2D eigenvalue weighted by atomic mass is 9.78. The summed E-state index contributed by atoms with van der Waals surface area (Å²) in [6.07, 6.45) is 1.68. The van der Waals surface area contributed by atoms with Gasteiger partial charge in [0.2, 0.25) is 0 Å². The highest BCUT2D eigenvalue weighted by Crippen LogP contribution is 2.21. The summed E-state index contributed by atoms with van der Waals surface area (Å²) in [5.41, 5.74) is -0.183. The monoisotopic (exact) mass is 305 g/mol. The summed E-state index contributed by atoms with van der Waals surface area (Å²) in [6.45, 7) is -3.95. The molecule has 0 amide bonds. The number of nitrogens with zero attached hydrogens (tertiary/aromatic N) is 1. The minimum Gasteiger partial charge on any atom is -0.441 e. The van der Waals surface area contributed by atoms with E-state index in [0.717, 1.165) is 17.3 Å². The second-order valence-electron chi connectivity index (χ2n) is 4.16. The summed E-state index contributed by atoms with van der Waals surface area (Å²) >= 11 is 3.23. The van der Waals surface area contributed by atoms with Crippen molar-refractivity contribution in [3.63, 3.8) is 0 Å². The van der Waals surface area contributed by atoms with Gasteiger partial charge < -0.3 is 12.9 Å². The number of hydrogen-bond donors (Lipinski definition) is 0. The number of halogens is 4. The van der Waals surface area contributed by atoms with Gasteiger partial charge in [-0.25, -0.2) is 0 Å². The Morgan fingerprint density at radius 3 is 2.06 bits per heavy atom. The quantitative estimate of drug-likeness (QED) is 0.582. The molecule has 1 saturated heterocycles. The number of benzene rings is 1. The zero-order valence-corrected chi connectivity index (χ0v) is 10.8. The van der Waals surface area contributed by atoms with Crippen molar-refractivity contribution in [2.24, 2.45) is 0 Å². The van der Waals surface area contributed by atoms with Crippen LogP contribution in [-0.4, -0.2) is 30.3 Å². The van der Waals surface area contributed by atoms with Gasteiger partial charge >= 0.3 is 6.98 Å². The van der Waals surface area contributed by atoms with Gasteiger partial charge in [0, 0.05) is 22.9 Å². The lowest BCUT2D eigenvalue weighted by Crippen LogP contribution is -2.38. The second-order valence-corrected chi connectivity index (χ2v) is 5.08. The average molecular weight is 306 g/mol. The van der Waals surface area contributed by atoms with Crippen molar-refractivity contribution in [3.05, 3.63) is 34.3 Å². The number of rotatable bonds is 2. The molecular formula is C11H12BBrF3N. The zero-order chi connectivity index (χ0) is 12.5. The van der Waals surface area contributed by atoms with E-state index in [0.29, 0.717) is 13.1 Å². The molecule has 1 aliphatic heterocycles. The number of hydrogen-bond acceptors (Lipinski definition) is 0. The minimum absolute atomic E-state index is 0.266. The topological polar surface area (TPSA) is 3.01 Å². The molecular weight excluding hydrogens is 294 g/mol. The van der Waals surface area contributed by atoms with E-state index < -0.39 is 12.6 Å². The summed E-state index contributed by atoms with van der Waals surface area (Å²) in [5.74, 6) is 0. The van der Waals surface area contributed by atoms with Crippen LogP contribution < -0.4 is 0 Å². The van der Waals surface area contributed by atoms with Crippen molar-refractivity contribution < 1.29 is 17.5 Å². The van der Waals surface area contributed by atoms with Gasteiger partial charge in [0.1, 0.15) is 18.7 Å². The van der Waals surface area contributed by atoms with E-state index in [1.807, 2.05) is 0 Å². The van der Waals surface area contributed by atoms with Crippen LogP contribution in [0.2, 0.25) is 0 Å². The second kappa shape index (κ2) is 4.84. The molecule has 0 radical (unpaired) electrons. The molecule has 0 aliphatic carbocycles. The third kappa shape index (κ3) is 2.91. The fraction of sp³-hybridized carbons (Fsp3) is 0.364. The summed E-state index contributed by atoms with van der Waals surface area (Å²) in [7, 11) is 0. The first-order valence-electron chi connectivity index (χ1n) is 5.56. The van der Waals surface area contributed by atoms with Crippen molar-refractivity contribution in [2.45, 2.75) is 12.8 Å². The SMILES string of the molecule is F[B-](F)(F)C(c1ccc(Br)cc1)=[N+]1CCCC1. The van der Waals surface area contributed by atoms with Crippen LogP contribution in [0.5, 0.6) is 0 Å². The molecule has 2 rings (SSSR count). The first-order valence-corrected chi connectivity index (χ1v) is 6.35. The van der Waals surface area contributed by atoms with Crippen LogP contribution in [0.15, 0.2) is 28.7 Å². The largest absolute Gasteiger partial charge is 0.572 e. The lowest BCUT2D eigenvalue weighted by molar-refractivity contribution is -0.504. The van der Waals surface area contributed by atoms with Crippen LogP contribution in [0.1, 0.15) is 18.4 Å². The fourth-order valence-corrected chi connectivity index (χ4v) is 2.42. The highest BCUT2D eigenvalue weighted by atomic mass is 79.9. The Labute approximate surface area is 107 Å². The molecule has 0 bridgehead atoms. The molecule has 1 aromatic rings. The standard InChI is InChI=1S/C11H12BBrF3N/c13-10-5-3-9(4-6-10)11(12(14,15)16)17-7-1-2-8-17/h3-6H,1-2,7-8H2. The van der Waals surface area contributed by atoms with Crippen LogP contribution in [0.4, 0.5) is 12.9 Å². The molecule has 0 N–H and O–H groups in total. The molecule has 1 aliphatic rings. The molecule has 0 spiro atoms. The summed E-state index contributed by atoms with van der Waals surface area (Å²) in [5, 5.41) is 0. The van der Waals surface area contributed by atoms with Gasteiger partial charge in [0.25, 0.3) is 0 Å². The van der Waals surface area contributed by atoms with Crippen molar-refractivity contribution in [2.75, 3.05) is 13.1 Å². The molecule has 0 aromatic heterocycles. The van der Waals surface area contributed by atoms with Crippen molar-refractivity contribution in [3.8, 4) is 0 Å². The van der Waals surface area contributed by atoms with E-state index in [9.17, 15) is 12.9 Å². The molecule has 92 valence electrons. The van der Waals surface area contributed by atoms with Gasteiger partial charge in [-0.1, -0.05) is 28.1 Å². The van der Waals surface area contributed by atoms with Gasteiger partial charge in [-0.05, 0) is 12.1 Å². The van der Waals surface area contributed by atoms with E-state index in [-0.39, 0.29) is 5.56 Å². The Morgan fingerprint density at radius 2 is 1.59 bits per heavy atom. The summed E-state index contributed by atoms with van der Waals surface area (Å²) < 4.78 is 41.6. The molecule has 6 heteroatoms. The Bertz CT molecular complexity index is 431. The van der Waals surface area contributed by atoms with Crippen LogP contribution in [0, 0.1) is 0 Å². The van der Waals surface area contributed by atoms with Crippen LogP contribution >= 0.6 is 15.9 Å². The molecule has 0 unspecified atom stereocenters. The maximum atomic E-state index is 13.1. The van der Waals surface area contributed by atoms with E-state index in [1.165, 1.54) is 16.7 Å². The van der Waals surface area contributed by atoms with Crippen LogP contribution in [0.3, 0.4) is 0 Å². The average Bonchev–Trinajstić information content (AvgIpc) is 2.72. The molecule has 0 atom stereocenters. The predicted octanol–water partition coefficient (Wildman–Crippen LogP) is 3.43. The van der Waals surface area contributed by atoms with Crippen molar-refractivity contribution in [1.29, 1.82) is 0 Å². The predicted molar refractivity (Wildman–Crippen MR) is 66.6 cm³/mol.